The van der Waals surface area contributed by atoms with Crippen molar-refractivity contribution in [2.45, 2.75) is 28.7 Å². The molecule has 0 bridgehead atoms. The minimum absolute atomic E-state index is 0.187. The summed E-state index contributed by atoms with van der Waals surface area (Å²) >= 11 is 0. The van der Waals surface area contributed by atoms with Crippen LogP contribution >= 0.6 is 10.7 Å². The minimum Gasteiger partial charge on any atom is -0.380 e. The number of hydrogen-bond donors (Lipinski definition) is 0. The highest BCUT2D eigenvalue weighted by atomic mass is 35.7. The van der Waals surface area contributed by atoms with Crippen LogP contribution in [0.15, 0.2) is 34.1 Å². The number of hydrogen-bond acceptors (Lipinski definition) is 5. The second-order valence-electron chi connectivity index (χ2n) is 4.75. The van der Waals surface area contributed by atoms with Gasteiger partial charge in [0.25, 0.3) is 9.05 Å². The molecule has 0 aromatic heterocycles. The third-order valence-electron chi connectivity index (χ3n) is 3.40. The third kappa shape index (κ3) is 3.57. The van der Waals surface area contributed by atoms with E-state index < -0.39 is 24.0 Å². The van der Waals surface area contributed by atoms with Gasteiger partial charge in [-0.05, 0) is 25.0 Å². The van der Waals surface area contributed by atoms with Gasteiger partial charge in [-0.15, -0.1) is 0 Å². The van der Waals surface area contributed by atoms with E-state index in [-0.39, 0.29) is 17.5 Å². The van der Waals surface area contributed by atoms with Crippen molar-refractivity contribution in [3.8, 4) is 0 Å². The zero-order valence-electron chi connectivity index (χ0n) is 11.4. The summed E-state index contributed by atoms with van der Waals surface area (Å²) in [5, 5.41) is 0. The van der Waals surface area contributed by atoms with Crippen molar-refractivity contribution >= 4 is 29.8 Å². The second-order valence-corrected chi connectivity index (χ2v) is 9.19. The number of ether oxygens (including phenoxy) is 1. The van der Waals surface area contributed by atoms with E-state index in [1.807, 2.05) is 0 Å². The topological polar surface area (TPSA) is 80.8 Å². The zero-order chi connectivity index (χ0) is 15.7. The summed E-state index contributed by atoms with van der Waals surface area (Å²) in [6.07, 6.45) is 1.25. The van der Waals surface area contributed by atoms with Gasteiger partial charge in [-0.25, -0.2) is 16.8 Å². The predicted octanol–water partition coefficient (Wildman–Crippen LogP) is 1.41. The Hall–Kier alpha value is -0.670. The lowest BCUT2D eigenvalue weighted by molar-refractivity contribution is 0.0571. The van der Waals surface area contributed by atoms with Crippen molar-refractivity contribution in [3.63, 3.8) is 0 Å². The molecular weight excluding hydrogens is 338 g/mol. The maximum Gasteiger partial charge on any atom is 0.262 e. The van der Waals surface area contributed by atoms with E-state index in [1.165, 1.54) is 35.7 Å². The van der Waals surface area contributed by atoms with E-state index in [0.29, 0.717) is 13.0 Å². The largest absolute Gasteiger partial charge is 0.380 e. The molecule has 1 heterocycles. The lowest BCUT2D eigenvalue weighted by Crippen LogP contribution is -2.43. The molecule has 0 spiro atoms. The fourth-order valence-corrected chi connectivity index (χ4v) is 5.64. The number of rotatable bonds is 4. The Labute approximate surface area is 129 Å². The van der Waals surface area contributed by atoms with Crippen LogP contribution in [0.1, 0.15) is 12.8 Å². The van der Waals surface area contributed by atoms with Gasteiger partial charge in [-0.2, -0.15) is 4.31 Å². The maximum atomic E-state index is 12.7. The second kappa shape index (κ2) is 6.21. The van der Waals surface area contributed by atoms with Crippen molar-refractivity contribution < 1.29 is 21.6 Å². The van der Waals surface area contributed by atoms with Gasteiger partial charge in [-0.3, -0.25) is 0 Å². The molecule has 0 saturated carbocycles. The number of piperidine rings is 1. The highest BCUT2D eigenvalue weighted by Gasteiger charge is 2.33. The molecule has 118 valence electrons. The van der Waals surface area contributed by atoms with Crippen molar-refractivity contribution in [2.24, 2.45) is 0 Å². The molecule has 2 rings (SSSR count). The monoisotopic (exact) mass is 353 g/mol. The molecule has 1 saturated heterocycles. The Morgan fingerprint density at radius 3 is 2.38 bits per heavy atom. The Morgan fingerprint density at radius 1 is 1.19 bits per heavy atom. The summed E-state index contributed by atoms with van der Waals surface area (Å²) in [7, 11) is -1.21. The quantitative estimate of drug-likeness (QED) is 0.764. The molecule has 9 heteroatoms. The van der Waals surface area contributed by atoms with Gasteiger partial charge in [0.15, 0.2) is 0 Å². The van der Waals surface area contributed by atoms with E-state index >= 15 is 0 Å². The van der Waals surface area contributed by atoms with Gasteiger partial charge in [0.2, 0.25) is 10.0 Å². The highest BCUT2D eigenvalue weighted by molar-refractivity contribution is 8.14. The number of halogens is 1. The molecule has 0 amide bonds. The van der Waals surface area contributed by atoms with Gasteiger partial charge in [0.05, 0.1) is 6.10 Å². The lowest BCUT2D eigenvalue weighted by Gasteiger charge is -2.31. The van der Waals surface area contributed by atoms with Crippen LogP contribution in [0.2, 0.25) is 0 Å². The normalized spacial score (nSPS) is 21.3. The smallest absolute Gasteiger partial charge is 0.262 e. The fraction of sp³-hybridized carbons (Fsp3) is 0.500. The number of methoxy groups -OCH3 is 1. The molecule has 1 aliphatic rings. The van der Waals surface area contributed by atoms with E-state index in [1.54, 1.807) is 0 Å². The van der Waals surface area contributed by atoms with Crippen molar-refractivity contribution in [1.29, 1.82) is 0 Å². The molecule has 1 aromatic carbocycles. The molecule has 0 radical (unpaired) electrons. The Kier molecular flexibility index (Phi) is 4.94. The van der Waals surface area contributed by atoms with E-state index in [0.717, 1.165) is 6.42 Å². The van der Waals surface area contributed by atoms with Gasteiger partial charge in [0, 0.05) is 30.9 Å². The van der Waals surface area contributed by atoms with Crippen LogP contribution in [0.5, 0.6) is 0 Å². The average molecular weight is 354 g/mol. The first-order chi connectivity index (χ1) is 9.76. The van der Waals surface area contributed by atoms with Gasteiger partial charge < -0.3 is 4.74 Å². The van der Waals surface area contributed by atoms with Crippen LogP contribution in [0.25, 0.3) is 0 Å². The van der Waals surface area contributed by atoms with Gasteiger partial charge in [-0.1, -0.05) is 12.1 Å². The summed E-state index contributed by atoms with van der Waals surface area (Å²) in [6, 6.07) is 5.34. The molecule has 0 aliphatic carbocycles. The summed E-state index contributed by atoms with van der Waals surface area (Å²) in [4.78, 5) is -0.692. The molecular formula is C12H16ClNO5S2. The molecule has 1 atom stereocenters. The first-order valence-corrected chi connectivity index (χ1v) is 10.1. The average Bonchev–Trinajstić information content (AvgIpc) is 2.46. The van der Waals surface area contributed by atoms with E-state index in [2.05, 4.69) is 0 Å². The molecule has 1 fully saturated rings. The third-order valence-corrected chi connectivity index (χ3v) is 6.84. The Bertz CT molecular complexity index is 717. The van der Waals surface area contributed by atoms with E-state index in [4.69, 9.17) is 15.4 Å². The number of nitrogens with zero attached hydrogens (tertiary/aromatic N) is 1. The van der Waals surface area contributed by atoms with Crippen molar-refractivity contribution in [2.75, 3.05) is 20.2 Å². The molecule has 0 N–H and O–H groups in total. The van der Waals surface area contributed by atoms with Crippen LogP contribution in [0, 0.1) is 0 Å². The van der Waals surface area contributed by atoms with Crippen LogP contribution in [0.4, 0.5) is 0 Å². The SMILES string of the molecule is COC1CCCN(S(=O)(=O)c2ccccc2S(=O)(=O)Cl)C1. The fourth-order valence-electron chi connectivity index (χ4n) is 2.32. The highest BCUT2D eigenvalue weighted by Crippen LogP contribution is 2.28. The van der Waals surface area contributed by atoms with Crippen LogP contribution in [-0.2, 0) is 23.8 Å². The standard InChI is InChI=1S/C12H16ClNO5S2/c1-19-10-5-4-8-14(9-10)21(17,18)12-7-3-2-6-11(12)20(13,15)16/h2-3,6-7,10H,4-5,8-9H2,1H3. The van der Waals surface area contributed by atoms with Gasteiger partial charge in [0.1, 0.15) is 9.79 Å². The Balaban J connectivity index is 2.46. The summed E-state index contributed by atoms with van der Waals surface area (Å²) in [6.45, 7) is 0.536. The maximum absolute atomic E-state index is 12.7. The van der Waals surface area contributed by atoms with Crippen molar-refractivity contribution in [3.05, 3.63) is 24.3 Å². The molecule has 1 aromatic rings. The van der Waals surface area contributed by atoms with Crippen LogP contribution < -0.4 is 0 Å². The Morgan fingerprint density at radius 2 is 1.81 bits per heavy atom. The van der Waals surface area contributed by atoms with Gasteiger partial charge >= 0.3 is 0 Å². The molecule has 6 nitrogen and oxygen atoms in total. The van der Waals surface area contributed by atoms with Crippen LogP contribution in [-0.4, -0.2) is 47.4 Å². The summed E-state index contributed by atoms with van der Waals surface area (Å²) in [5.41, 5.74) is 0. The van der Waals surface area contributed by atoms with E-state index in [9.17, 15) is 16.8 Å². The summed E-state index contributed by atoms with van der Waals surface area (Å²) in [5.74, 6) is 0. The molecule has 21 heavy (non-hydrogen) atoms. The molecule has 1 unspecified atom stereocenters. The number of sulfonamides is 1. The molecule has 1 aliphatic heterocycles. The summed E-state index contributed by atoms with van der Waals surface area (Å²) < 4.78 is 54.9. The predicted molar refractivity (Wildman–Crippen MR) is 78.3 cm³/mol. The van der Waals surface area contributed by atoms with Crippen LogP contribution in [0.3, 0.4) is 0 Å². The minimum atomic E-state index is -4.14. The first kappa shape index (κ1) is 16.7. The first-order valence-electron chi connectivity index (χ1n) is 6.33. The van der Waals surface area contributed by atoms with Crippen molar-refractivity contribution in [1.82, 2.24) is 4.31 Å². The number of benzene rings is 1. The lowest BCUT2D eigenvalue weighted by atomic mass is 10.1. The zero-order valence-corrected chi connectivity index (χ0v) is 13.8.